The normalized spacial score (nSPS) is 20.8. The van der Waals surface area contributed by atoms with Gasteiger partial charge in [0.05, 0.1) is 6.42 Å². The summed E-state index contributed by atoms with van der Waals surface area (Å²) >= 11 is 0. The molecule has 1 atom stereocenters. The van der Waals surface area contributed by atoms with Crippen LogP contribution in [0, 0.1) is 17.0 Å². The Morgan fingerprint density at radius 2 is 2.10 bits per heavy atom. The molecule has 0 saturated carbocycles. The van der Waals surface area contributed by atoms with Gasteiger partial charge in [-0.25, -0.2) is 8.78 Å². The Hall–Kier alpha value is -1.20. The number of likely N-dealkylation sites (tertiary alicyclic amines) is 1. The molecule has 0 radical (unpaired) electrons. The minimum Gasteiger partial charge on any atom is -0.342 e. The number of carbonyl (C=O) groups is 1. The van der Waals surface area contributed by atoms with Crippen LogP contribution in [0.3, 0.4) is 0 Å². The third kappa shape index (κ3) is 3.92. The molecule has 2 rings (SSSR count). The average molecular weight is 319 g/mol. The molecule has 1 aromatic carbocycles. The first-order valence-corrected chi connectivity index (χ1v) is 6.77. The lowest BCUT2D eigenvalue weighted by Crippen LogP contribution is -2.54. The van der Waals surface area contributed by atoms with Gasteiger partial charge in [0, 0.05) is 24.7 Å². The third-order valence-electron chi connectivity index (χ3n) is 4.04. The van der Waals surface area contributed by atoms with Crippen molar-refractivity contribution in [2.45, 2.75) is 32.7 Å². The Balaban J connectivity index is 0.00000220. The van der Waals surface area contributed by atoms with Gasteiger partial charge < -0.3 is 10.6 Å². The van der Waals surface area contributed by atoms with Crippen LogP contribution in [0.25, 0.3) is 0 Å². The fourth-order valence-electron chi connectivity index (χ4n) is 2.55. The molecule has 3 nitrogen and oxygen atoms in total. The fourth-order valence-corrected chi connectivity index (χ4v) is 2.55. The van der Waals surface area contributed by atoms with Gasteiger partial charge in [0.2, 0.25) is 5.91 Å². The summed E-state index contributed by atoms with van der Waals surface area (Å²) in [6.07, 6.45) is 0.610. The second-order valence-electron chi connectivity index (χ2n) is 6.09. The van der Waals surface area contributed by atoms with Gasteiger partial charge in [0.25, 0.3) is 0 Å². The number of nitrogens with zero attached hydrogens (tertiary/aromatic N) is 1. The Labute approximate surface area is 129 Å². The van der Waals surface area contributed by atoms with E-state index in [2.05, 4.69) is 0 Å². The van der Waals surface area contributed by atoms with E-state index < -0.39 is 11.6 Å². The number of rotatable bonds is 2. The molecule has 1 saturated heterocycles. The van der Waals surface area contributed by atoms with E-state index in [4.69, 9.17) is 5.73 Å². The van der Waals surface area contributed by atoms with Gasteiger partial charge in [0.1, 0.15) is 0 Å². The van der Waals surface area contributed by atoms with Crippen molar-refractivity contribution in [3.05, 3.63) is 35.4 Å². The SMILES string of the molecule is CC1(C)CN(C(=O)Cc2cccc(F)c2F)CCC1N.Cl. The van der Waals surface area contributed by atoms with Crippen LogP contribution in [0.2, 0.25) is 0 Å². The lowest BCUT2D eigenvalue weighted by Gasteiger charge is -2.42. The zero-order valence-corrected chi connectivity index (χ0v) is 13.1. The van der Waals surface area contributed by atoms with E-state index in [1.165, 1.54) is 12.1 Å². The van der Waals surface area contributed by atoms with Crippen LogP contribution in [-0.2, 0) is 11.2 Å². The van der Waals surface area contributed by atoms with Crippen molar-refractivity contribution in [3.8, 4) is 0 Å². The van der Waals surface area contributed by atoms with Gasteiger partial charge in [-0.15, -0.1) is 12.4 Å². The van der Waals surface area contributed by atoms with Gasteiger partial charge in [0.15, 0.2) is 11.6 Å². The monoisotopic (exact) mass is 318 g/mol. The van der Waals surface area contributed by atoms with Crippen molar-refractivity contribution in [1.82, 2.24) is 4.90 Å². The third-order valence-corrected chi connectivity index (χ3v) is 4.04. The minimum absolute atomic E-state index is 0. The zero-order chi connectivity index (χ0) is 14.9. The van der Waals surface area contributed by atoms with E-state index in [9.17, 15) is 13.6 Å². The molecule has 1 aromatic rings. The molecule has 6 heteroatoms. The molecule has 1 fully saturated rings. The number of hydrogen-bond acceptors (Lipinski definition) is 2. The predicted molar refractivity (Wildman–Crippen MR) is 80.3 cm³/mol. The summed E-state index contributed by atoms with van der Waals surface area (Å²) in [5, 5.41) is 0. The molecule has 0 aliphatic carbocycles. The quantitative estimate of drug-likeness (QED) is 0.910. The van der Waals surface area contributed by atoms with Crippen LogP contribution >= 0.6 is 12.4 Å². The van der Waals surface area contributed by atoms with Gasteiger partial charge in [-0.2, -0.15) is 0 Å². The number of piperidine rings is 1. The molecular formula is C15H21ClF2N2O. The maximum atomic E-state index is 13.6. The Morgan fingerprint density at radius 1 is 1.43 bits per heavy atom. The number of hydrogen-bond donors (Lipinski definition) is 1. The molecule has 1 unspecified atom stereocenters. The summed E-state index contributed by atoms with van der Waals surface area (Å²) in [7, 11) is 0. The van der Waals surface area contributed by atoms with E-state index in [1.807, 2.05) is 13.8 Å². The summed E-state index contributed by atoms with van der Waals surface area (Å²) in [6.45, 7) is 5.14. The number of nitrogens with two attached hydrogens (primary N) is 1. The number of amides is 1. The number of halogens is 3. The first-order chi connectivity index (χ1) is 9.31. The Bertz CT molecular complexity index is 522. The molecule has 0 spiro atoms. The van der Waals surface area contributed by atoms with Gasteiger partial charge in [-0.05, 0) is 17.9 Å². The highest BCUT2D eigenvalue weighted by atomic mass is 35.5. The first kappa shape index (κ1) is 17.9. The fraction of sp³-hybridized carbons (Fsp3) is 0.533. The minimum atomic E-state index is -0.936. The topological polar surface area (TPSA) is 46.3 Å². The zero-order valence-electron chi connectivity index (χ0n) is 12.2. The summed E-state index contributed by atoms with van der Waals surface area (Å²) < 4.78 is 26.7. The summed E-state index contributed by atoms with van der Waals surface area (Å²) in [6, 6.07) is 3.96. The first-order valence-electron chi connectivity index (χ1n) is 6.77. The molecule has 1 amide bonds. The largest absolute Gasteiger partial charge is 0.342 e. The Morgan fingerprint density at radius 3 is 2.71 bits per heavy atom. The van der Waals surface area contributed by atoms with Crippen molar-refractivity contribution < 1.29 is 13.6 Å². The highest BCUT2D eigenvalue weighted by Gasteiger charge is 2.35. The van der Waals surface area contributed by atoms with Gasteiger partial charge in [-0.1, -0.05) is 26.0 Å². The van der Waals surface area contributed by atoms with Crippen molar-refractivity contribution >= 4 is 18.3 Å². The Kier molecular flexibility index (Phi) is 5.70. The lowest BCUT2D eigenvalue weighted by molar-refractivity contribution is -0.133. The second kappa shape index (κ2) is 6.71. The second-order valence-corrected chi connectivity index (χ2v) is 6.09. The highest BCUT2D eigenvalue weighted by molar-refractivity contribution is 5.85. The molecule has 0 bridgehead atoms. The molecule has 2 N–H and O–H groups in total. The molecule has 118 valence electrons. The molecule has 0 aromatic heterocycles. The highest BCUT2D eigenvalue weighted by Crippen LogP contribution is 2.28. The van der Waals surface area contributed by atoms with E-state index in [1.54, 1.807) is 4.90 Å². The lowest BCUT2D eigenvalue weighted by atomic mass is 9.79. The van der Waals surface area contributed by atoms with Crippen LogP contribution in [0.15, 0.2) is 18.2 Å². The average Bonchev–Trinajstić information content (AvgIpc) is 2.38. The van der Waals surface area contributed by atoms with Gasteiger partial charge in [-0.3, -0.25) is 4.79 Å². The number of carbonyl (C=O) groups excluding carboxylic acids is 1. The van der Waals surface area contributed by atoms with Crippen molar-refractivity contribution in [1.29, 1.82) is 0 Å². The van der Waals surface area contributed by atoms with Crippen molar-refractivity contribution in [2.24, 2.45) is 11.1 Å². The smallest absolute Gasteiger partial charge is 0.227 e. The van der Waals surface area contributed by atoms with E-state index in [0.717, 1.165) is 12.5 Å². The summed E-state index contributed by atoms with van der Waals surface area (Å²) in [5.74, 6) is -2.04. The van der Waals surface area contributed by atoms with Crippen LogP contribution in [0.1, 0.15) is 25.8 Å². The molecule has 1 aliphatic rings. The molecule has 1 heterocycles. The molecule has 21 heavy (non-hydrogen) atoms. The van der Waals surface area contributed by atoms with Crippen LogP contribution in [-0.4, -0.2) is 29.9 Å². The van der Waals surface area contributed by atoms with Crippen LogP contribution in [0.4, 0.5) is 8.78 Å². The molecular weight excluding hydrogens is 298 g/mol. The van der Waals surface area contributed by atoms with Gasteiger partial charge >= 0.3 is 0 Å². The summed E-state index contributed by atoms with van der Waals surface area (Å²) in [4.78, 5) is 13.9. The van der Waals surface area contributed by atoms with E-state index in [-0.39, 0.29) is 41.8 Å². The van der Waals surface area contributed by atoms with Crippen molar-refractivity contribution in [3.63, 3.8) is 0 Å². The van der Waals surface area contributed by atoms with Crippen LogP contribution in [0.5, 0.6) is 0 Å². The van der Waals surface area contributed by atoms with Crippen LogP contribution < -0.4 is 5.73 Å². The maximum absolute atomic E-state index is 13.6. The van der Waals surface area contributed by atoms with Crippen molar-refractivity contribution in [2.75, 3.05) is 13.1 Å². The predicted octanol–water partition coefficient (Wildman–Crippen LogP) is 2.51. The standard InChI is InChI=1S/C15H20F2N2O.ClH/c1-15(2)9-19(7-6-12(15)18)13(20)8-10-4-3-5-11(16)14(10)17;/h3-5,12H,6-9,18H2,1-2H3;1H. The summed E-state index contributed by atoms with van der Waals surface area (Å²) in [5.41, 5.74) is 5.97. The molecule has 1 aliphatic heterocycles. The van der Waals surface area contributed by atoms with E-state index >= 15 is 0 Å². The number of benzene rings is 1. The van der Waals surface area contributed by atoms with E-state index in [0.29, 0.717) is 13.1 Å². The maximum Gasteiger partial charge on any atom is 0.227 e.